The molecule has 0 bridgehead atoms. The number of nitrogens with zero attached hydrogens (tertiary/aromatic N) is 1. The molecule has 0 aromatic rings. The Kier molecular flexibility index (Phi) is 57.6. The van der Waals surface area contributed by atoms with E-state index in [4.69, 9.17) is 18.9 Å². The monoisotopic (exact) mass is 1080 g/mol. The van der Waals surface area contributed by atoms with Gasteiger partial charge in [0.25, 0.3) is 0 Å². The molecule has 0 amide bonds. The van der Waals surface area contributed by atoms with Crippen LogP contribution in [0.4, 0.5) is 0 Å². The van der Waals surface area contributed by atoms with Crippen molar-refractivity contribution in [3.05, 3.63) is 12.2 Å². The summed E-state index contributed by atoms with van der Waals surface area (Å²) in [6, 6.07) is 0. The van der Waals surface area contributed by atoms with Crippen LogP contribution in [0, 0.1) is 0 Å². The Morgan fingerprint density at radius 1 is 0.382 bits per heavy atom. The molecule has 0 aliphatic carbocycles. The van der Waals surface area contributed by atoms with Gasteiger partial charge < -0.3 is 33.3 Å². The first kappa shape index (κ1) is 74.0. The second-order valence-electron chi connectivity index (χ2n) is 24.1. The zero-order valence-electron chi connectivity index (χ0n) is 51.4. The Morgan fingerprint density at radius 3 is 0.974 bits per heavy atom. The number of carbonyl (C=O) groups excluding carboxylic acids is 3. The van der Waals surface area contributed by atoms with Crippen molar-refractivity contribution in [3.63, 3.8) is 0 Å². The lowest BCUT2D eigenvalue weighted by atomic mass is 10.0. The number of unbranched alkanes of at least 4 members (excludes halogenated alkanes) is 46. The average Bonchev–Trinajstić information content (AvgIpc) is 3.39. The molecule has 0 fully saturated rings. The summed E-state index contributed by atoms with van der Waals surface area (Å²) >= 11 is 0. The van der Waals surface area contributed by atoms with Crippen LogP contribution in [0.1, 0.15) is 341 Å². The normalized spacial score (nSPS) is 12.7. The standard InChI is InChI=1S/C67H129NO8/c1-6-8-10-12-14-16-18-20-22-24-26-27-28-29-30-31-32-33-34-35-36-37-38-40-41-43-45-47-49-51-53-55-57-64(69)74-61-63(62-75-67(66(71)72)73-60-59-68(3,4)5)76-65(70)58-56-54-52-50-48-46-44-42-39-25-23-21-19-17-15-13-11-9-7-2/h21,23,63,67H,6-20,22,24-62H2,1-5H3/b23-21-. The fraction of sp³-hybridized carbons (Fsp3) is 0.925. The maximum absolute atomic E-state index is 12.9. The second-order valence-corrected chi connectivity index (χ2v) is 24.1. The van der Waals surface area contributed by atoms with Crippen LogP contribution in [0.25, 0.3) is 0 Å². The van der Waals surface area contributed by atoms with E-state index in [1.807, 2.05) is 21.1 Å². The minimum Gasteiger partial charge on any atom is -0.545 e. The molecule has 9 nitrogen and oxygen atoms in total. The summed E-state index contributed by atoms with van der Waals surface area (Å²) in [5.41, 5.74) is 0. The zero-order chi connectivity index (χ0) is 55.5. The summed E-state index contributed by atoms with van der Waals surface area (Å²) < 4.78 is 22.8. The highest BCUT2D eigenvalue weighted by Gasteiger charge is 2.22. The molecule has 0 saturated heterocycles. The number of likely N-dealkylation sites (N-methyl/N-ethyl adjacent to an activating group) is 1. The summed E-state index contributed by atoms with van der Waals surface area (Å²) in [6.45, 7) is 4.81. The lowest BCUT2D eigenvalue weighted by Crippen LogP contribution is -2.44. The molecule has 0 radical (unpaired) electrons. The van der Waals surface area contributed by atoms with E-state index < -0.39 is 24.3 Å². The topological polar surface area (TPSA) is 111 Å². The summed E-state index contributed by atoms with van der Waals surface area (Å²) in [5, 5.41) is 11.8. The molecule has 0 heterocycles. The van der Waals surface area contributed by atoms with Crippen LogP contribution >= 0.6 is 0 Å². The number of rotatable bonds is 63. The highest BCUT2D eigenvalue weighted by Crippen LogP contribution is 2.19. The first-order valence-electron chi connectivity index (χ1n) is 33.3. The SMILES string of the molecule is CCCCCCCC/C=C\CCCCCCCCCCCC(=O)OC(COC(=O)CCCCCCCCCCCCCCCCCCCCCCCCCCCCCCCCCC)COC(OCC[N+](C)(C)C)C(=O)[O-]. The molecule has 2 unspecified atom stereocenters. The van der Waals surface area contributed by atoms with Gasteiger partial charge in [0.15, 0.2) is 12.4 Å². The lowest BCUT2D eigenvalue weighted by molar-refractivity contribution is -0.870. The van der Waals surface area contributed by atoms with E-state index in [0.717, 1.165) is 38.5 Å². The van der Waals surface area contributed by atoms with E-state index in [1.54, 1.807) is 0 Å². The number of carboxylic acids is 1. The Labute approximate surface area is 472 Å². The van der Waals surface area contributed by atoms with E-state index in [0.29, 0.717) is 23.9 Å². The van der Waals surface area contributed by atoms with Gasteiger partial charge in [-0.3, -0.25) is 9.59 Å². The highest BCUT2D eigenvalue weighted by atomic mass is 16.7. The molecule has 0 aromatic heterocycles. The third kappa shape index (κ3) is 59.7. The van der Waals surface area contributed by atoms with Gasteiger partial charge in [-0.05, 0) is 38.5 Å². The Hall–Kier alpha value is -1.97. The van der Waals surface area contributed by atoms with Crippen LogP contribution in [0.15, 0.2) is 12.2 Å². The van der Waals surface area contributed by atoms with E-state index in [2.05, 4.69) is 26.0 Å². The molecular formula is C67H129NO8. The largest absolute Gasteiger partial charge is 0.545 e. The number of ether oxygens (including phenoxy) is 4. The van der Waals surface area contributed by atoms with Gasteiger partial charge in [-0.25, -0.2) is 0 Å². The van der Waals surface area contributed by atoms with E-state index in [1.165, 1.54) is 270 Å². The Balaban J connectivity index is 4.03. The number of hydrogen-bond acceptors (Lipinski definition) is 8. The smallest absolute Gasteiger partial charge is 0.306 e. The highest BCUT2D eigenvalue weighted by molar-refractivity contribution is 5.70. The fourth-order valence-electron chi connectivity index (χ4n) is 10.1. The third-order valence-corrected chi connectivity index (χ3v) is 15.3. The number of allylic oxidation sites excluding steroid dienone is 2. The lowest BCUT2D eigenvalue weighted by Gasteiger charge is -2.26. The quantitative estimate of drug-likeness (QED) is 0.0195. The summed E-state index contributed by atoms with van der Waals surface area (Å²) in [6.07, 6.45) is 67.2. The number of esters is 2. The summed E-state index contributed by atoms with van der Waals surface area (Å²) in [7, 11) is 5.94. The van der Waals surface area contributed by atoms with Crippen molar-refractivity contribution in [1.29, 1.82) is 0 Å². The number of carbonyl (C=O) groups is 3. The van der Waals surface area contributed by atoms with Gasteiger partial charge >= 0.3 is 11.9 Å². The number of carboxylic acid groups (broad SMARTS) is 1. The third-order valence-electron chi connectivity index (χ3n) is 15.3. The summed E-state index contributed by atoms with van der Waals surface area (Å²) in [5.74, 6) is -2.26. The number of aliphatic carboxylic acids is 1. The van der Waals surface area contributed by atoms with E-state index in [9.17, 15) is 19.5 Å². The molecule has 0 spiro atoms. The van der Waals surface area contributed by atoms with Crippen molar-refractivity contribution in [3.8, 4) is 0 Å². The molecule has 450 valence electrons. The van der Waals surface area contributed by atoms with Gasteiger partial charge in [0, 0.05) is 12.8 Å². The first-order chi connectivity index (χ1) is 37.1. The molecule has 0 aliphatic rings. The van der Waals surface area contributed by atoms with Crippen LogP contribution < -0.4 is 5.11 Å². The maximum Gasteiger partial charge on any atom is 0.306 e. The van der Waals surface area contributed by atoms with E-state index >= 15 is 0 Å². The molecule has 2 atom stereocenters. The second kappa shape index (κ2) is 59.2. The molecule has 76 heavy (non-hydrogen) atoms. The number of hydrogen-bond donors (Lipinski definition) is 0. The molecule has 0 N–H and O–H groups in total. The van der Waals surface area contributed by atoms with Crippen molar-refractivity contribution in [2.75, 3.05) is 47.5 Å². The van der Waals surface area contributed by atoms with Gasteiger partial charge in [-0.1, -0.05) is 302 Å². The van der Waals surface area contributed by atoms with Crippen molar-refractivity contribution >= 4 is 17.9 Å². The van der Waals surface area contributed by atoms with Crippen LogP contribution in [-0.4, -0.2) is 82.3 Å². The average molecular weight is 1080 g/mol. The predicted octanol–water partition coefficient (Wildman–Crippen LogP) is 18.7. The van der Waals surface area contributed by atoms with Crippen LogP contribution in [-0.2, 0) is 33.3 Å². The number of quaternary nitrogens is 1. The van der Waals surface area contributed by atoms with Gasteiger partial charge in [-0.15, -0.1) is 0 Å². The minimum absolute atomic E-state index is 0.151. The molecule has 0 aliphatic heterocycles. The van der Waals surface area contributed by atoms with Crippen LogP contribution in [0.3, 0.4) is 0 Å². The molecule has 0 rings (SSSR count). The Bertz CT molecular complexity index is 1250. The van der Waals surface area contributed by atoms with Crippen molar-refractivity contribution in [2.45, 2.75) is 354 Å². The van der Waals surface area contributed by atoms with Gasteiger partial charge in [0.05, 0.1) is 40.3 Å². The molecule has 0 aromatic carbocycles. The van der Waals surface area contributed by atoms with Crippen LogP contribution in [0.2, 0.25) is 0 Å². The van der Waals surface area contributed by atoms with E-state index in [-0.39, 0.29) is 32.2 Å². The van der Waals surface area contributed by atoms with Gasteiger partial charge in [-0.2, -0.15) is 0 Å². The van der Waals surface area contributed by atoms with Gasteiger partial charge in [0.2, 0.25) is 0 Å². The summed E-state index contributed by atoms with van der Waals surface area (Å²) in [4.78, 5) is 37.4. The minimum atomic E-state index is -1.62. The fourth-order valence-corrected chi connectivity index (χ4v) is 10.1. The van der Waals surface area contributed by atoms with Crippen molar-refractivity contribution < 1.29 is 42.9 Å². The Morgan fingerprint density at radius 2 is 0.671 bits per heavy atom. The van der Waals surface area contributed by atoms with Crippen molar-refractivity contribution in [1.82, 2.24) is 0 Å². The molecule has 9 heteroatoms. The van der Waals surface area contributed by atoms with Gasteiger partial charge in [0.1, 0.15) is 13.2 Å². The predicted molar refractivity (Wildman–Crippen MR) is 320 cm³/mol. The van der Waals surface area contributed by atoms with Crippen molar-refractivity contribution in [2.24, 2.45) is 0 Å². The first-order valence-corrected chi connectivity index (χ1v) is 33.3. The molecular weight excluding hydrogens is 947 g/mol. The zero-order valence-corrected chi connectivity index (χ0v) is 51.4. The molecule has 0 saturated carbocycles. The maximum atomic E-state index is 12.9. The van der Waals surface area contributed by atoms with Crippen LogP contribution in [0.5, 0.6) is 0 Å².